The number of para-hydroxylation sites is 2. The number of unbranched alkanes of at least 4 members (excludes halogenated alkanes) is 2. The average Bonchev–Trinajstić information content (AvgIpc) is 2.35. The molecule has 17 heavy (non-hydrogen) atoms. The summed E-state index contributed by atoms with van der Waals surface area (Å²) in [5.74, 6) is 0.944. The number of rotatable bonds is 8. The van der Waals surface area contributed by atoms with Crippen LogP contribution >= 0.6 is 0 Å². The summed E-state index contributed by atoms with van der Waals surface area (Å²) in [6.07, 6.45) is 3.05. The highest BCUT2D eigenvalue weighted by atomic mass is 16.5. The number of aliphatic hydroxyl groups is 1. The van der Waals surface area contributed by atoms with Gasteiger partial charge in [-0.3, -0.25) is 0 Å². The van der Waals surface area contributed by atoms with Gasteiger partial charge in [0.05, 0.1) is 12.3 Å². The molecule has 0 unspecified atom stereocenters. The third kappa shape index (κ3) is 4.65. The van der Waals surface area contributed by atoms with Gasteiger partial charge in [0.1, 0.15) is 5.75 Å². The SMILES string of the molecule is CCOc1ccccc1N(C)CCCCCO. The summed E-state index contributed by atoms with van der Waals surface area (Å²) in [5, 5.41) is 8.73. The number of nitrogens with zero attached hydrogens (tertiary/aromatic N) is 1. The van der Waals surface area contributed by atoms with Crippen molar-refractivity contribution < 1.29 is 9.84 Å². The Morgan fingerprint density at radius 1 is 1.18 bits per heavy atom. The van der Waals surface area contributed by atoms with Crippen LogP contribution in [-0.4, -0.2) is 31.9 Å². The van der Waals surface area contributed by atoms with Crippen molar-refractivity contribution in [3.8, 4) is 5.75 Å². The minimum absolute atomic E-state index is 0.291. The zero-order valence-electron chi connectivity index (χ0n) is 10.9. The zero-order chi connectivity index (χ0) is 12.5. The van der Waals surface area contributed by atoms with Crippen LogP contribution in [0.25, 0.3) is 0 Å². The number of hydrogen-bond donors (Lipinski definition) is 1. The molecule has 0 heterocycles. The Kier molecular flexibility index (Phi) is 6.48. The lowest BCUT2D eigenvalue weighted by atomic mass is 10.2. The van der Waals surface area contributed by atoms with Gasteiger partial charge in [-0.15, -0.1) is 0 Å². The molecular weight excluding hydrogens is 214 g/mol. The minimum atomic E-state index is 0.291. The van der Waals surface area contributed by atoms with Crippen LogP contribution in [0.2, 0.25) is 0 Å². The second-order valence-corrected chi connectivity index (χ2v) is 4.11. The fourth-order valence-corrected chi connectivity index (χ4v) is 1.81. The molecule has 3 heteroatoms. The molecule has 0 spiro atoms. The highest BCUT2D eigenvalue weighted by molar-refractivity contribution is 5.57. The number of anilines is 1. The minimum Gasteiger partial charge on any atom is -0.492 e. The molecule has 96 valence electrons. The third-order valence-electron chi connectivity index (χ3n) is 2.73. The molecular formula is C14H23NO2. The molecule has 0 radical (unpaired) electrons. The normalized spacial score (nSPS) is 10.3. The summed E-state index contributed by atoms with van der Waals surface area (Å²) in [6, 6.07) is 8.11. The molecule has 3 nitrogen and oxygen atoms in total. The summed E-state index contributed by atoms with van der Waals surface area (Å²) >= 11 is 0. The van der Waals surface area contributed by atoms with Crippen molar-refractivity contribution in [3.63, 3.8) is 0 Å². The van der Waals surface area contributed by atoms with Crippen molar-refractivity contribution in [3.05, 3.63) is 24.3 Å². The molecule has 0 fully saturated rings. The number of benzene rings is 1. The van der Waals surface area contributed by atoms with Crippen LogP contribution in [-0.2, 0) is 0 Å². The van der Waals surface area contributed by atoms with Crippen molar-refractivity contribution in [2.24, 2.45) is 0 Å². The lowest BCUT2D eigenvalue weighted by molar-refractivity contribution is 0.283. The monoisotopic (exact) mass is 237 g/mol. The van der Waals surface area contributed by atoms with Gasteiger partial charge in [0, 0.05) is 20.2 Å². The molecule has 0 amide bonds. The maximum absolute atomic E-state index is 8.73. The fourth-order valence-electron chi connectivity index (χ4n) is 1.81. The van der Waals surface area contributed by atoms with Crippen LogP contribution in [0.15, 0.2) is 24.3 Å². The first-order valence-electron chi connectivity index (χ1n) is 6.33. The number of aliphatic hydroxyl groups excluding tert-OH is 1. The van der Waals surface area contributed by atoms with Crippen molar-refractivity contribution in [1.29, 1.82) is 0 Å². The number of ether oxygens (including phenoxy) is 1. The first-order valence-corrected chi connectivity index (χ1v) is 6.33. The molecule has 0 aliphatic heterocycles. The molecule has 0 atom stereocenters. The van der Waals surface area contributed by atoms with Crippen molar-refractivity contribution in [2.45, 2.75) is 26.2 Å². The molecule has 0 aliphatic rings. The van der Waals surface area contributed by atoms with Gasteiger partial charge in [0.15, 0.2) is 0 Å². The van der Waals surface area contributed by atoms with E-state index in [0.29, 0.717) is 13.2 Å². The molecule has 1 aromatic rings. The largest absolute Gasteiger partial charge is 0.492 e. The van der Waals surface area contributed by atoms with E-state index in [1.165, 1.54) is 0 Å². The van der Waals surface area contributed by atoms with E-state index in [1.54, 1.807) is 0 Å². The van der Waals surface area contributed by atoms with Crippen LogP contribution < -0.4 is 9.64 Å². The van der Waals surface area contributed by atoms with E-state index in [0.717, 1.165) is 37.2 Å². The predicted octanol–water partition coefficient (Wildman–Crippen LogP) is 2.68. The van der Waals surface area contributed by atoms with Crippen molar-refractivity contribution in [1.82, 2.24) is 0 Å². The van der Waals surface area contributed by atoms with Crippen molar-refractivity contribution >= 4 is 5.69 Å². The summed E-state index contributed by atoms with van der Waals surface area (Å²) < 4.78 is 5.60. The second-order valence-electron chi connectivity index (χ2n) is 4.11. The van der Waals surface area contributed by atoms with Crippen LogP contribution in [0.3, 0.4) is 0 Å². The Morgan fingerprint density at radius 2 is 1.94 bits per heavy atom. The number of hydrogen-bond acceptors (Lipinski definition) is 3. The van der Waals surface area contributed by atoms with Gasteiger partial charge >= 0.3 is 0 Å². The smallest absolute Gasteiger partial charge is 0.142 e. The molecule has 0 aromatic heterocycles. The van der Waals surface area contributed by atoms with Crippen LogP contribution in [0, 0.1) is 0 Å². The summed E-state index contributed by atoms with van der Waals surface area (Å²) in [6.45, 7) is 3.97. The summed E-state index contributed by atoms with van der Waals surface area (Å²) in [5.41, 5.74) is 1.14. The van der Waals surface area contributed by atoms with E-state index in [9.17, 15) is 0 Å². The van der Waals surface area contributed by atoms with Gasteiger partial charge in [-0.1, -0.05) is 12.1 Å². The first-order chi connectivity index (χ1) is 8.29. The third-order valence-corrected chi connectivity index (χ3v) is 2.73. The molecule has 0 bridgehead atoms. The average molecular weight is 237 g/mol. The molecule has 1 aromatic carbocycles. The Labute approximate surface area is 104 Å². The maximum atomic E-state index is 8.73. The van der Waals surface area contributed by atoms with E-state index in [4.69, 9.17) is 9.84 Å². The van der Waals surface area contributed by atoms with Gasteiger partial charge in [0.2, 0.25) is 0 Å². The molecule has 1 N–H and O–H groups in total. The van der Waals surface area contributed by atoms with E-state index in [-0.39, 0.29) is 0 Å². The second kappa shape index (κ2) is 7.96. The highest BCUT2D eigenvalue weighted by Crippen LogP contribution is 2.27. The van der Waals surface area contributed by atoms with Crippen LogP contribution in [0.5, 0.6) is 5.75 Å². The van der Waals surface area contributed by atoms with Gasteiger partial charge in [-0.05, 0) is 38.3 Å². The highest BCUT2D eigenvalue weighted by Gasteiger charge is 2.06. The van der Waals surface area contributed by atoms with Crippen molar-refractivity contribution in [2.75, 3.05) is 31.7 Å². The molecule has 0 saturated carbocycles. The Bertz CT molecular complexity index is 315. The fraction of sp³-hybridized carbons (Fsp3) is 0.571. The quantitative estimate of drug-likeness (QED) is 0.706. The lowest BCUT2D eigenvalue weighted by Gasteiger charge is -2.22. The Morgan fingerprint density at radius 3 is 2.65 bits per heavy atom. The van der Waals surface area contributed by atoms with Gasteiger partial charge in [-0.2, -0.15) is 0 Å². The lowest BCUT2D eigenvalue weighted by Crippen LogP contribution is -2.19. The van der Waals surface area contributed by atoms with E-state index >= 15 is 0 Å². The topological polar surface area (TPSA) is 32.7 Å². The van der Waals surface area contributed by atoms with Gasteiger partial charge in [-0.25, -0.2) is 0 Å². The molecule has 0 aliphatic carbocycles. The van der Waals surface area contributed by atoms with E-state index in [1.807, 2.05) is 25.1 Å². The zero-order valence-corrected chi connectivity index (χ0v) is 10.9. The molecule has 1 rings (SSSR count). The molecule has 0 saturated heterocycles. The van der Waals surface area contributed by atoms with Gasteiger partial charge < -0.3 is 14.7 Å². The van der Waals surface area contributed by atoms with Gasteiger partial charge in [0.25, 0.3) is 0 Å². The van der Waals surface area contributed by atoms with Crippen LogP contribution in [0.1, 0.15) is 26.2 Å². The van der Waals surface area contributed by atoms with Crippen LogP contribution in [0.4, 0.5) is 5.69 Å². The Balaban J connectivity index is 2.52. The standard InChI is InChI=1S/C14H23NO2/c1-3-17-14-10-6-5-9-13(14)15(2)11-7-4-8-12-16/h5-6,9-10,16H,3-4,7-8,11-12H2,1-2H3. The summed E-state index contributed by atoms with van der Waals surface area (Å²) in [7, 11) is 2.08. The maximum Gasteiger partial charge on any atom is 0.142 e. The summed E-state index contributed by atoms with van der Waals surface area (Å²) in [4.78, 5) is 2.21. The Hall–Kier alpha value is -1.22. The van der Waals surface area contributed by atoms with E-state index in [2.05, 4.69) is 18.0 Å². The van der Waals surface area contributed by atoms with E-state index < -0.39 is 0 Å². The first kappa shape index (κ1) is 13.8. The predicted molar refractivity (Wildman–Crippen MR) is 71.8 cm³/mol.